The molecule has 0 atom stereocenters. The number of hydrogen-bond acceptors (Lipinski definition) is 2. The number of rotatable bonds is 9. The minimum Gasteiger partial charge on any atom is -0.494 e. The number of aryl methyl sites for hydroxylation is 1. The van der Waals surface area contributed by atoms with Gasteiger partial charge < -0.3 is 10.1 Å². The molecule has 2 aromatic carbocycles. The third kappa shape index (κ3) is 6.01. The molecule has 0 saturated carbocycles. The first-order chi connectivity index (χ1) is 10.4. The van der Waals surface area contributed by atoms with Crippen LogP contribution in [0.25, 0.3) is 0 Å². The Bertz CT molecular complexity index is 493. The van der Waals surface area contributed by atoms with Crippen LogP contribution in [0.15, 0.2) is 54.6 Å². The van der Waals surface area contributed by atoms with Gasteiger partial charge in [0.05, 0.1) is 6.61 Å². The van der Waals surface area contributed by atoms with E-state index in [-0.39, 0.29) is 0 Å². The van der Waals surface area contributed by atoms with Crippen molar-refractivity contribution >= 4 is 0 Å². The second-order valence-corrected chi connectivity index (χ2v) is 5.22. The zero-order valence-corrected chi connectivity index (χ0v) is 12.8. The van der Waals surface area contributed by atoms with E-state index in [1.54, 1.807) is 0 Å². The maximum Gasteiger partial charge on any atom is 0.119 e. The Kier molecular flexibility index (Phi) is 6.82. The highest BCUT2D eigenvalue weighted by Gasteiger charge is 1.96. The van der Waals surface area contributed by atoms with E-state index in [4.69, 9.17) is 4.74 Å². The minimum absolute atomic E-state index is 0.791. The molecule has 0 amide bonds. The molecule has 0 aromatic heterocycles. The number of benzene rings is 2. The lowest BCUT2D eigenvalue weighted by Gasteiger charge is -2.07. The predicted molar refractivity (Wildman–Crippen MR) is 88.7 cm³/mol. The molecule has 0 aliphatic heterocycles. The molecule has 0 bridgehead atoms. The average molecular weight is 283 g/mol. The van der Waals surface area contributed by atoms with E-state index >= 15 is 0 Å². The van der Waals surface area contributed by atoms with Crippen LogP contribution in [0.5, 0.6) is 5.75 Å². The largest absolute Gasteiger partial charge is 0.494 e. The molecule has 0 aliphatic carbocycles. The molecule has 2 nitrogen and oxygen atoms in total. The van der Waals surface area contributed by atoms with Gasteiger partial charge in [-0.25, -0.2) is 0 Å². The lowest BCUT2D eigenvalue weighted by molar-refractivity contribution is 0.307. The second kappa shape index (κ2) is 9.19. The van der Waals surface area contributed by atoms with Gasteiger partial charge in [-0.1, -0.05) is 49.4 Å². The quantitative estimate of drug-likeness (QED) is 0.696. The van der Waals surface area contributed by atoms with Crippen LogP contribution in [0.4, 0.5) is 0 Å². The molecule has 2 heteroatoms. The van der Waals surface area contributed by atoms with Gasteiger partial charge in [0.25, 0.3) is 0 Å². The van der Waals surface area contributed by atoms with Crippen molar-refractivity contribution in [2.45, 2.75) is 32.7 Å². The van der Waals surface area contributed by atoms with E-state index in [0.717, 1.165) is 38.3 Å². The first-order valence-electron chi connectivity index (χ1n) is 7.85. The number of unbranched alkanes of at least 4 members (excludes halogenated alkanes) is 1. The molecule has 0 unspecified atom stereocenters. The van der Waals surface area contributed by atoms with Crippen LogP contribution in [0.1, 0.15) is 30.9 Å². The normalized spacial score (nSPS) is 10.5. The maximum absolute atomic E-state index is 5.78. The average Bonchev–Trinajstić information content (AvgIpc) is 2.55. The van der Waals surface area contributed by atoms with Crippen molar-refractivity contribution in [3.05, 3.63) is 65.7 Å². The molecule has 0 spiro atoms. The molecule has 0 aliphatic rings. The van der Waals surface area contributed by atoms with Gasteiger partial charge in [0.1, 0.15) is 5.75 Å². The molecule has 0 radical (unpaired) electrons. The van der Waals surface area contributed by atoms with Crippen molar-refractivity contribution in [2.24, 2.45) is 0 Å². The molecule has 112 valence electrons. The Labute approximate surface area is 128 Å². The highest BCUT2D eigenvalue weighted by Crippen LogP contribution is 2.13. The van der Waals surface area contributed by atoms with Crippen LogP contribution < -0.4 is 10.1 Å². The molecule has 0 fully saturated rings. The fourth-order valence-corrected chi connectivity index (χ4v) is 2.24. The molecular weight excluding hydrogens is 258 g/mol. The molecule has 21 heavy (non-hydrogen) atoms. The third-order valence-electron chi connectivity index (χ3n) is 3.47. The zero-order valence-electron chi connectivity index (χ0n) is 12.8. The van der Waals surface area contributed by atoms with E-state index in [1.807, 2.05) is 0 Å². The summed E-state index contributed by atoms with van der Waals surface area (Å²) in [4.78, 5) is 0. The summed E-state index contributed by atoms with van der Waals surface area (Å²) in [7, 11) is 0. The van der Waals surface area contributed by atoms with Gasteiger partial charge in [-0.3, -0.25) is 0 Å². The van der Waals surface area contributed by atoms with Crippen molar-refractivity contribution in [1.82, 2.24) is 5.32 Å². The summed E-state index contributed by atoms with van der Waals surface area (Å²) in [6.07, 6.45) is 3.39. The van der Waals surface area contributed by atoms with Crippen LogP contribution >= 0.6 is 0 Å². The SMILES string of the molecule is CCNCc1ccc(OCCCCc2ccccc2)cc1. The summed E-state index contributed by atoms with van der Waals surface area (Å²) in [6, 6.07) is 19.0. The fraction of sp³-hybridized carbons (Fsp3) is 0.368. The van der Waals surface area contributed by atoms with Crippen molar-refractivity contribution in [2.75, 3.05) is 13.2 Å². The van der Waals surface area contributed by atoms with Gasteiger partial charge in [0.2, 0.25) is 0 Å². The smallest absolute Gasteiger partial charge is 0.119 e. The summed E-state index contributed by atoms with van der Waals surface area (Å²) in [6.45, 7) is 4.83. The lowest BCUT2D eigenvalue weighted by Crippen LogP contribution is -2.11. The highest BCUT2D eigenvalue weighted by molar-refractivity contribution is 5.27. The van der Waals surface area contributed by atoms with Gasteiger partial charge in [-0.15, -0.1) is 0 Å². The number of ether oxygens (including phenoxy) is 1. The Hall–Kier alpha value is -1.80. The standard InChI is InChI=1S/C19H25NO/c1-2-20-16-18-11-13-19(14-12-18)21-15-7-6-10-17-8-4-3-5-9-17/h3-5,8-9,11-14,20H,2,6-7,10,15-16H2,1H3. The molecule has 0 heterocycles. The van der Waals surface area contributed by atoms with Gasteiger partial charge in [0.15, 0.2) is 0 Å². The molecule has 2 rings (SSSR count). The highest BCUT2D eigenvalue weighted by atomic mass is 16.5. The number of nitrogens with one attached hydrogen (secondary N) is 1. The summed E-state index contributed by atoms with van der Waals surface area (Å²) in [5.74, 6) is 0.968. The van der Waals surface area contributed by atoms with E-state index < -0.39 is 0 Å². The van der Waals surface area contributed by atoms with Crippen LogP contribution in [0.3, 0.4) is 0 Å². The fourth-order valence-electron chi connectivity index (χ4n) is 2.24. The molecule has 1 N–H and O–H groups in total. The van der Waals surface area contributed by atoms with Crippen LogP contribution in [0, 0.1) is 0 Å². The second-order valence-electron chi connectivity index (χ2n) is 5.22. The van der Waals surface area contributed by atoms with Crippen molar-refractivity contribution in [1.29, 1.82) is 0 Å². The monoisotopic (exact) mass is 283 g/mol. The van der Waals surface area contributed by atoms with Crippen LogP contribution in [-0.4, -0.2) is 13.2 Å². The lowest BCUT2D eigenvalue weighted by atomic mass is 10.1. The van der Waals surface area contributed by atoms with Gasteiger partial charge in [-0.2, -0.15) is 0 Å². The number of hydrogen-bond donors (Lipinski definition) is 1. The van der Waals surface area contributed by atoms with Crippen molar-refractivity contribution < 1.29 is 4.74 Å². The van der Waals surface area contributed by atoms with Crippen molar-refractivity contribution in [3.8, 4) is 5.75 Å². The molecule has 0 saturated heterocycles. The summed E-state index contributed by atoms with van der Waals surface area (Å²) >= 11 is 0. The van der Waals surface area contributed by atoms with E-state index in [9.17, 15) is 0 Å². The first-order valence-corrected chi connectivity index (χ1v) is 7.85. The van der Waals surface area contributed by atoms with E-state index in [0.29, 0.717) is 0 Å². The Morgan fingerprint density at radius 2 is 1.62 bits per heavy atom. The summed E-state index contributed by atoms with van der Waals surface area (Å²) < 4.78 is 5.78. The molecule has 2 aromatic rings. The molecular formula is C19H25NO. The zero-order chi connectivity index (χ0) is 14.8. The van der Waals surface area contributed by atoms with E-state index in [2.05, 4.69) is 66.8 Å². The summed E-state index contributed by atoms with van der Waals surface area (Å²) in [5.41, 5.74) is 2.71. The Balaban J connectivity index is 1.62. The topological polar surface area (TPSA) is 21.3 Å². The van der Waals surface area contributed by atoms with Crippen LogP contribution in [0.2, 0.25) is 0 Å². The Morgan fingerprint density at radius 3 is 2.33 bits per heavy atom. The van der Waals surface area contributed by atoms with E-state index in [1.165, 1.54) is 17.5 Å². The Morgan fingerprint density at radius 1 is 0.857 bits per heavy atom. The third-order valence-corrected chi connectivity index (χ3v) is 3.47. The minimum atomic E-state index is 0.791. The van der Waals surface area contributed by atoms with Gasteiger partial charge >= 0.3 is 0 Å². The summed E-state index contributed by atoms with van der Waals surface area (Å²) in [5, 5.41) is 3.32. The first kappa shape index (κ1) is 15.6. The van der Waals surface area contributed by atoms with Crippen LogP contribution in [-0.2, 0) is 13.0 Å². The van der Waals surface area contributed by atoms with Gasteiger partial charge in [0, 0.05) is 6.54 Å². The maximum atomic E-state index is 5.78. The van der Waals surface area contributed by atoms with Gasteiger partial charge in [-0.05, 0) is 49.1 Å². The van der Waals surface area contributed by atoms with Crippen molar-refractivity contribution in [3.63, 3.8) is 0 Å². The predicted octanol–water partition coefficient (Wildman–Crippen LogP) is 4.20.